The van der Waals surface area contributed by atoms with Gasteiger partial charge < -0.3 is 4.90 Å². The van der Waals surface area contributed by atoms with Gasteiger partial charge in [-0.05, 0) is 12.0 Å². The number of hydrogen-bond acceptors (Lipinski definition) is 4. The number of carbonyl (C=O) groups excluding carboxylic acids is 2. The fraction of sp³-hybridized carbons (Fsp3) is 0.375. The molecule has 2 amide bonds. The topological polar surface area (TPSA) is 80.1 Å². The van der Waals surface area contributed by atoms with Crippen molar-refractivity contribution < 1.29 is 9.59 Å². The first kappa shape index (κ1) is 15.2. The first-order chi connectivity index (χ1) is 11.1. The zero-order chi connectivity index (χ0) is 16.2. The molecule has 0 radical (unpaired) electrons. The normalized spacial score (nSPS) is 18.0. The van der Waals surface area contributed by atoms with Gasteiger partial charge in [0.1, 0.15) is 6.33 Å². The van der Waals surface area contributed by atoms with E-state index in [1.165, 1.54) is 0 Å². The second-order valence-electron chi connectivity index (χ2n) is 5.75. The molecule has 1 fully saturated rings. The summed E-state index contributed by atoms with van der Waals surface area (Å²) in [6.45, 7) is 1.20. The highest BCUT2D eigenvalue weighted by atomic mass is 16.2. The maximum Gasteiger partial charge on any atom is 0.248 e. The summed E-state index contributed by atoms with van der Waals surface area (Å²) in [6.07, 6.45) is 2.49. The summed E-state index contributed by atoms with van der Waals surface area (Å²) >= 11 is 0. The molecule has 3 rings (SSSR count). The van der Waals surface area contributed by atoms with Crippen LogP contribution in [0.25, 0.3) is 0 Å². The summed E-state index contributed by atoms with van der Waals surface area (Å²) in [5.41, 5.74) is 1.11. The molecular formula is C16H19N5O2. The van der Waals surface area contributed by atoms with Crippen LogP contribution in [-0.2, 0) is 16.1 Å². The summed E-state index contributed by atoms with van der Waals surface area (Å²) < 4.78 is 1.67. The summed E-state index contributed by atoms with van der Waals surface area (Å²) in [7, 11) is 1.75. The number of piperidine rings is 1. The monoisotopic (exact) mass is 313 g/mol. The first-order valence-electron chi connectivity index (χ1n) is 7.60. The van der Waals surface area contributed by atoms with Crippen molar-refractivity contribution >= 4 is 17.8 Å². The summed E-state index contributed by atoms with van der Waals surface area (Å²) in [4.78, 5) is 29.7. The van der Waals surface area contributed by atoms with Crippen molar-refractivity contribution in [1.82, 2.24) is 19.7 Å². The van der Waals surface area contributed by atoms with Crippen LogP contribution >= 0.6 is 0 Å². The fourth-order valence-electron chi connectivity index (χ4n) is 2.58. The molecule has 1 atom stereocenters. The minimum Gasteiger partial charge on any atom is -0.346 e. The van der Waals surface area contributed by atoms with E-state index in [0.717, 1.165) is 5.56 Å². The Labute approximate surface area is 134 Å². The minimum atomic E-state index is -0.306. The molecule has 1 aliphatic rings. The van der Waals surface area contributed by atoms with Gasteiger partial charge in [0, 0.05) is 25.9 Å². The van der Waals surface area contributed by atoms with Crippen molar-refractivity contribution in [2.45, 2.75) is 19.4 Å². The second-order valence-corrected chi connectivity index (χ2v) is 5.75. The Balaban J connectivity index is 1.58. The number of aromatic nitrogens is 3. The number of likely N-dealkylation sites (tertiary alicyclic amines) is 1. The average molecular weight is 313 g/mol. The predicted molar refractivity (Wildman–Crippen MR) is 84.6 cm³/mol. The number of nitrogens with one attached hydrogen (secondary N) is 1. The number of anilines is 1. The first-order valence-corrected chi connectivity index (χ1v) is 7.60. The highest BCUT2D eigenvalue weighted by molar-refractivity contribution is 5.94. The highest BCUT2D eigenvalue weighted by Crippen LogP contribution is 2.18. The molecule has 23 heavy (non-hydrogen) atoms. The fourth-order valence-corrected chi connectivity index (χ4v) is 2.58. The lowest BCUT2D eigenvalue weighted by molar-refractivity contribution is -0.137. The van der Waals surface area contributed by atoms with Gasteiger partial charge in [-0.3, -0.25) is 14.9 Å². The molecule has 7 heteroatoms. The third-order valence-corrected chi connectivity index (χ3v) is 3.99. The third kappa shape index (κ3) is 3.74. The molecule has 0 spiro atoms. The SMILES string of the molecule is CN1CC[C@@H](C(=O)Nc2ncn(Cc3ccccc3)n2)CC1=O. The smallest absolute Gasteiger partial charge is 0.248 e. The van der Waals surface area contributed by atoms with Crippen LogP contribution in [0.1, 0.15) is 18.4 Å². The zero-order valence-electron chi connectivity index (χ0n) is 13.0. The van der Waals surface area contributed by atoms with Crippen LogP contribution in [0.5, 0.6) is 0 Å². The predicted octanol–water partition coefficient (Wildman–Crippen LogP) is 1.13. The highest BCUT2D eigenvalue weighted by Gasteiger charge is 2.29. The molecule has 1 aromatic heterocycles. The van der Waals surface area contributed by atoms with E-state index in [-0.39, 0.29) is 30.1 Å². The number of rotatable bonds is 4. The number of hydrogen-bond donors (Lipinski definition) is 1. The number of nitrogens with zero attached hydrogens (tertiary/aromatic N) is 4. The Kier molecular flexibility index (Phi) is 4.36. The van der Waals surface area contributed by atoms with Gasteiger partial charge in [-0.2, -0.15) is 0 Å². The molecule has 2 aromatic rings. The third-order valence-electron chi connectivity index (χ3n) is 3.99. The Bertz CT molecular complexity index is 698. The molecule has 120 valence electrons. The largest absolute Gasteiger partial charge is 0.346 e. The Hall–Kier alpha value is -2.70. The molecule has 2 heterocycles. The van der Waals surface area contributed by atoms with Gasteiger partial charge in [0.15, 0.2) is 0 Å². The van der Waals surface area contributed by atoms with E-state index in [1.54, 1.807) is 23.0 Å². The van der Waals surface area contributed by atoms with E-state index in [1.807, 2.05) is 30.3 Å². The van der Waals surface area contributed by atoms with Crippen molar-refractivity contribution in [3.63, 3.8) is 0 Å². The Morgan fingerprint density at radius 3 is 2.87 bits per heavy atom. The Morgan fingerprint density at radius 1 is 1.35 bits per heavy atom. The van der Waals surface area contributed by atoms with Gasteiger partial charge in [-0.15, -0.1) is 5.10 Å². The van der Waals surface area contributed by atoms with Crippen LogP contribution < -0.4 is 5.32 Å². The lowest BCUT2D eigenvalue weighted by Gasteiger charge is -2.27. The van der Waals surface area contributed by atoms with Crippen LogP contribution in [-0.4, -0.2) is 45.1 Å². The minimum absolute atomic E-state index is 0.000957. The van der Waals surface area contributed by atoms with Gasteiger partial charge in [-0.1, -0.05) is 30.3 Å². The average Bonchev–Trinajstić information content (AvgIpc) is 2.98. The van der Waals surface area contributed by atoms with Crippen LogP contribution in [0.15, 0.2) is 36.7 Å². The molecule has 1 aromatic carbocycles. The number of carbonyl (C=O) groups is 2. The van der Waals surface area contributed by atoms with Crippen molar-refractivity contribution in [3.05, 3.63) is 42.2 Å². The van der Waals surface area contributed by atoms with Gasteiger partial charge in [0.25, 0.3) is 0 Å². The Morgan fingerprint density at radius 2 is 2.13 bits per heavy atom. The van der Waals surface area contributed by atoms with Gasteiger partial charge in [-0.25, -0.2) is 9.67 Å². The van der Waals surface area contributed by atoms with Crippen molar-refractivity contribution in [2.75, 3.05) is 18.9 Å². The summed E-state index contributed by atoms with van der Waals surface area (Å²) in [5.74, 6) is -0.222. The molecule has 0 bridgehead atoms. The maximum absolute atomic E-state index is 12.2. The van der Waals surface area contributed by atoms with E-state index >= 15 is 0 Å². The maximum atomic E-state index is 12.2. The van der Waals surface area contributed by atoms with Crippen molar-refractivity contribution in [1.29, 1.82) is 0 Å². The molecule has 7 nitrogen and oxygen atoms in total. The van der Waals surface area contributed by atoms with Gasteiger partial charge in [0.2, 0.25) is 17.8 Å². The van der Waals surface area contributed by atoms with E-state index in [0.29, 0.717) is 19.5 Å². The summed E-state index contributed by atoms with van der Waals surface area (Å²) in [6, 6.07) is 9.89. The molecule has 1 aliphatic heterocycles. The number of amides is 2. The molecular weight excluding hydrogens is 294 g/mol. The molecule has 1 saturated heterocycles. The number of benzene rings is 1. The lowest BCUT2D eigenvalue weighted by atomic mass is 9.96. The van der Waals surface area contributed by atoms with Crippen LogP contribution in [0.3, 0.4) is 0 Å². The van der Waals surface area contributed by atoms with Crippen molar-refractivity contribution in [3.8, 4) is 0 Å². The van der Waals surface area contributed by atoms with Crippen LogP contribution in [0.4, 0.5) is 5.95 Å². The van der Waals surface area contributed by atoms with Crippen molar-refractivity contribution in [2.24, 2.45) is 5.92 Å². The van der Waals surface area contributed by atoms with Crippen LogP contribution in [0, 0.1) is 5.92 Å². The van der Waals surface area contributed by atoms with E-state index in [9.17, 15) is 9.59 Å². The van der Waals surface area contributed by atoms with E-state index in [4.69, 9.17) is 0 Å². The molecule has 1 N–H and O–H groups in total. The van der Waals surface area contributed by atoms with Gasteiger partial charge in [0.05, 0.1) is 6.54 Å². The second kappa shape index (κ2) is 6.60. The zero-order valence-corrected chi connectivity index (χ0v) is 13.0. The molecule has 0 unspecified atom stereocenters. The van der Waals surface area contributed by atoms with Gasteiger partial charge >= 0.3 is 0 Å². The molecule has 0 aliphatic carbocycles. The quantitative estimate of drug-likeness (QED) is 0.917. The molecule has 0 saturated carbocycles. The van der Waals surface area contributed by atoms with E-state index < -0.39 is 0 Å². The summed E-state index contributed by atoms with van der Waals surface area (Å²) in [5, 5.41) is 6.95. The lowest BCUT2D eigenvalue weighted by Crippen LogP contribution is -2.40. The standard InChI is InChI=1S/C16H19N5O2/c1-20-8-7-13(9-14(20)22)15(23)18-16-17-11-21(19-16)10-12-5-3-2-4-6-12/h2-6,11,13H,7-10H2,1H3,(H,18,19,23)/t13-/m1/s1. The van der Waals surface area contributed by atoms with Crippen LogP contribution in [0.2, 0.25) is 0 Å². The van der Waals surface area contributed by atoms with E-state index in [2.05, 4.69) is 15.4 Å².